The van der Waals surface area contributed by atoms with Gasteiger partial charge >= 0.3 is 0 Å². The smallest absolute Gasteiger partial charge is 0.168 e. The second-order valence-electron chi connectivity index (χ2n) is 4.56. The van der Waals surface area contributed by atoms with Crippen molar-refractivity contribution in [2.75, 3.05) is 5.75 Å². The van der Waals surface area contributed by atoms with Gasteiger partial charge in [0.15, 0.2) is 5.16 Å². The molecular weight excluding hydrogens is 262 g/mol. The average Bonchev–Trinajstić information content (AvgIpc) is 2.62. The summed E-state index contributed by atoms with van der Waals surface area (Å²) < 4.78 is 2.12. The van der Waals surface area contributed by atoms with Crippen LogP contribution in [0.3, 0.4) is 0 Å². The molecule has 2 rings (SSSR count). The van der Waals surface area contributed by atoms with Crippen molar-refractivity contribution in [1.29, 1.82) is 0 Å². The Morgan fingerprint density at radius 2 is 2.28 bits per heavy atom. The van der Waals surface area contributed by atoms with Crippen LogP contribution in [0.5, 0.6) is 0 Å². The number of thioether (sulfide) groups is 1. The Labute approximate surface area is 117 Å². The second kappa shape index (κ2) is 5.28. The highest BCUT2D eigenvalue weighted by molar-refractivity contribution is 7.99. The minimum absolute atomic E-state index is 0.228. The molecule has 0 amide bonds. The van der Waals surface area contributed by atoms with Crippen LogP contribution in [-0.4, -0.2) is 20.3 Å². The Balaban J connectivity index is 2.24. The van der Waals surface area contributed by atoms with Gasteiger partial charge in [-0.05, 0) is 24.6 Å². The lowest BCUT2D eigenvalue weighted by Crippen LogP contribution is -2.20. The topological polar surface area (TPSA) is 43.8 Å². The number of nitrogens with two attached hydrogens (primary N) is 1. The summed E-state index contributed by atoms with van der Waals surface area (Å²) >= 11 is 6.68. The van der Waals surface area contributed by atoms with E-state index in [0.29, 0.717) is 4.99 Å². The van der Waals surface area contributed by atoms with Crippen molar-refractivity contribution < 1.29 is 0 Å². The van der Waals surface area contributed by atoms with Crippen molar-refractivity contribution in [3.05, 3.63) is 23.8 Å². The standard InChI is InChI=1S/C13H17N3S2/c1-8-4-5-11-10(6-8)15-13(16(11)3)18-7-9(2)12(14)17/h4-6,9H,7H2,1-3H3,(H2,14,17). The minimum Gasteiger partial charge on any atom is -0.393 e. The van der Waals surface area contributed by atoms with Crippen molar-refractivity contribution in [3.8, 4) is 0 Å². The lowest BCUT2D eigenvalue weighted by atomic mass is 10.2. The van der Waals surface area contributed by atoms with Gasteiger partial charge in [-0.2, -0.15) is 0 Å². The first-order valence-electron chi connectivity index (χ1n) is 5.84. The van der Waals surface area contributed by atoms with Gasteiger partial charge in [-0.1, -0.05) is 37.0 Å². The number of hydrogen-bond acceptors (Lipinski definition) is 3. The molecule has 5 heteroatoms. The molecule has 1 heterocycles. The summed E-state index contributed by atoms with van der Waals surface area (Å²) in [7, 11) is 2.04. The molecule has 0 spiro atoms. The van der Waals surface area contributed by atoms with Gasteiger partial charge in [-0.15, -0.1) is 0 Å². The van der Waals surface area contributed by atoms with E-state index in [1.165, 1.54) is 5.56 Å². The van der Waals surface area contributed by atoms with Crippen LogP contribution >= 0.6 is 24.0 Å². The number of aromatic nitrogens is 2. The maximum Gasteiger partial charge on any atom is 0.168 e. The molecule has 1 atom stereocenters. The highest BCUT2D eigenvalue weighted by Gasteiger charge is 2.11. The molecule has 3 nitrogen and oxygen atoms in total. The first-order valence-corrected chi connectivity index (χ1v) is 7.23. The van der Waals surface area contributed by atoms with Crippen molar-refractivity contribution in [2.24, 2.45) is 18.7 Å². The molecule has 0 saturated carbocycles. The molecule has 0 saturated heterocycles. The molecule has 1 unspecified atom stereocenters. The fourth-order valence-electron chi connectivity index (χ4n) is 1.70. The van der Waals surface area contributed by atoms with E-state index in [0.717, 1.165) is 21.9 Å². The Morgan fingerprint density at radius 3 is 2.94 bits per heavy atom. The number of nitrogens with zero attached hydrogens (tertiary/aromatic N) is 2. The molecule has 2 aromatic rings. The van der Waals surface area contributed by atoms with Crippen LogP contribution in [0.15, 0.2) is 23.4 Å². The maximum absolute atomic E-state index is 5.62. The van der Waals surface area contributed by atoms with E-state index < -0.39 is 0 Å². The first-order chi connectivity index (χ1) is 8.49. The summed E-state index contributed by atoms with van der Waals surface area (Å²) in [5, 5.41) is 1.01. The molecule has 0 fully saturated rings. The normalized spacial score (nSPS) is 12.8. The van der Waals surface area contributed by atoms with E-state index in [9.17, 15) is 0 Å². The van der Waals surface area contributed by atoms with Gasteiger partial charge in [0.25, 0.3) is 0 Å². The third-order valence-electron chi connectivity index (χ3n) is 2.94. The lowest BCUT2D eigenvalue weighted by Gasteiger charge is -2.08. The first kappa shape index (κ1) is 13.4. The summed E-state index contributed by atoms with van der Waals surface area (Å²) in [6.45, 7) is 4.12. The Morgan fingerprint density at radius 1 is 1.56 bits per heavy atom. The SMILES string of the molecule is Cc1ccc2c(c1)nc(SCC(C)C(N)=S)n2C. The largest absolute Gasteiger partial charge is 0.393 e. The number of thiocarbonyl (C=S) groups is 1. The molecule has 1 aromatic carbocycles. The van der Waals surface area contributed by atoms with Crippen LogP contribution < -0.4 is 5.73 Å². The molecule has 0 aliphatic rings. The lowest BCUT2D eigenvalue weighted by molar-refractivity contribution is 0.809. The third kappa shape index (κ3) is 2.67. The van der Waals surface area contributed by atoms with Crippen LogP contribution in [0.25, 0.3) is 11.0 Å². The molecule has 18 heavy (non-hydrogen) atoms. The van der Waals surface area contributed by atoms with Crippen LogP contribution in [0, 0.1) is 12.8 Å². The van der Waals surface area contributed by atoms with Crippen LogP contribution in [0.2, 0.25) is 0 Å². The fourth-order valence-corrected chi connectivity index (χ4v) is 2.92. The highest BCUT2D eigenvalue weighted by Crippen LogP contribution is 2.25. The van der Waals surface area contributed by atoms with Gasteiger partial charge in [0, 0.05) is 18.7 Å². The molecule has 0 aliphatic carbocycles. The van der Waals surface area contributed by atoms with Gasteiger partial charge in [-0.25, -0.2) is 4.98 Å². The van der Waals surface area contributed by atoms with Gasteiger partial charge < -0.3 is 10.3 Å². The Bertz CT molecular complexity index is 589. The molecular formula is C13H17N3S2. The predicted octanol–water partition coefficient (Wildman–Crippen LogP) is 2.90. The number of rotatable bonds is 4. The predicted molar refractivity (Wildman–Crippen MR) is 82.1 cm³/mol. The zero-order valence-electron chi connectivity index (χ0n) is 10.8. The second-order valence-corrected chi connectivity index (χ2v) is 6.02. The molecule has 1 aromatic heterocycles. The Kier molecular flexibility index (Phi) is 3.92. The van der Waals surface area contributed by atoms with Crippen molar-refractivity contribution >= 4 is 40.0 Å². The maximum atomic E-state index is 5.62. The van der Waals surface area contributed by atoms with E-state index in [4.69, 9.17) is 18.0 Å². The summed E-state index contributed by atoms with van der Waals surface area (Å²) in [5.41, 5.74) is 9.06. The monoisotopic (exact) mass is 279 g/mol. The Hall–Kier alpha value is -1.07. The van der Waals surface area contributed by atoms with E-state index in [1.807, 2.05) is 14.0 Å². The van der Waals surface area contributed by atoms with Gasteiger partial charge in [0.1, 0.15) is 0 Å². The number of imidazole rings is 1. The highest BCUT2D eigenvalue weighted by atomic mass is 32.2. The molecule has 0 aliphatic heterocycles. The van der Waals surface area contributed by atoms with E-state index in [-0.39, 0.29) is 5.92 Å². The zero-order valence-corrected chi connectivity index (χ0v) is 12.4. The van der Waals surface area contributed by atoms with E-state index in [1.54, 1.807) is 11.8 Å². The summed E-state index contributed by atoms with van der Waals surface area (Å²) in [6.07, 6.45) is 0. The quantitative estimate of drug-likeness (QED) is 0.690. The zero-order chi connectivity index (χ0) is 13.3. The van der Waals surface area contributed by atoms with Gasteiger partial charge in [0.05, 0.1) is 16.0 Å². The molecule has 96 valence electrons. The van der Waals surface area contributed by atoms with Crippen LogP contribution in [-0.2, 0) is 7.05 Å². The summed E-state index contributed by atoms with van der Waals surface area (Å²) in [5.74, 6) is 1.09. The van der Waals surface area contributed by atoms with Crippen LogP contribution in [0.4, 0.5) is 0 Å². The summed E-state index contributed by atoms with van der Waals surface area (Å²) in [6, 6.07) is 6.32. The third-order valence-corrected chi connectivity index (χ3v) is 4.64. The summed E-state index contributed by atoms with van der Waals surface area (Å²) in [4.78, 5) is 5.21. The van der Waals surface area contributed by atoms with E-state index in [2.05, 4.69) is 34.7 Å². The van der Waals surface area contributed by atoms with Gasteiger partial charge in [-0.3, -0.25) is 0 Å². The number of aryl methyl sites for hydroxylation is 2. The fraction of sp³-hybridized carbons (Fsp3) is 0.385. The van der Waals surface area contributed by atoms with E-state index >= 15 is 0 Å². The minimum atomic E-state index is 0.228. The van der Waals surface area contributed by atoms with Crippen molar-refractivity contribution in [2.45, 2.75) is 19.0 Å². The number of benzene rings is 1. The van der Waals surface area contributed by atoms with Gasteiger partial charge in [0.2, 0.25) is 0 Å². The molecule has 0 bridgehead atoms. The van der Waals surface area contributed by atoms with Crippen LogP contribution in [0.1, 0.15) is 12.5 Å². The van der Waals surface area contributed by atoms with Crippen molar-refractivity contribution in [3.63, 3.8) is 0 Å². The molecule has 2 N–H and O–H groups in total. The average molecular weight is 279 g/mol. The molecule has 0 radical (unpaired) electrons. The number of fused-ring (bicyclic) bond motifs is 1. The van der Waals surface area contributed by atoms with Crippen molar-refractivity contribution in [1.82, 2.24) is 9.55 Å². The number of hydrogen-bond donors (Lipinski definition) is 1.